The lowest BCUT2D eigenvalue weighted by Gasteiger charge is -2.23. The van der Waals surface area contributed by atoms with Crippen LogP contribution in [0.3, 0.4) is 0 Å². The summed E-state index contributed by atoms with van der Waals surface area (Å²) in [5.41, 5.74) is 9.49. The minimum absolute atomic E-state index is 0.0601. The van der Waals surface area contributed by atoms with Crippen LogP contribution < -0.4 is 11.1 Å². The number of imidazole rings is 1. The molecular formula is C26H21N7O2. The van der Waals surface area contributed by atoms with E-state index in [4.69, 9.17) is 10.7 Å². The van der Waals surface area contributed by atoms with Gasteiger partial charge in [0.15, 0.2) is 11.5 Å². The topological polar surface area (TPSA) is 131 Å². The number of aromatic hydroxyl groups is 1. The summed E-state index contributed by atoms with van der Waals surface area (Å²) in [5.74, 6) is 0.572. The summed E-state index contributed by atoms with van der Waals surface area (Å²) >= 11 is 0. The lowest BCUT2D eigenvalue weighted by Crippen LogP contribution is -2.32. The van der Waals surface area contributed by atoms with Gasteiger partial charge in [-0.05, 0) is 30.2 Å². The first-order valence-electron chi connectivity index (χ1n) is 11.1. The molecule has 2 aromatic carbocycles. The molecule has 5 aromatic rings. The Labute approximate surface area is 200 Å². The van der Waals surface area contributed by atoms with Crippen LogP contribution >= 0.6 is 0 Å². The van der Waals surface area contributed by atoms with Crippen molar-refractivity contribution in [3.8, 4) is 17.3 Å². The van der Waals surface area contributed by atoms with Crippen molar-refractivity contribution in [2.45, 2.75) is 18.8 Å². The largest absolute Gasteiger partial charge is 0.508 e. The number of hydrogen-bond donors (Lipinski definition) is 3. The quantitative estimate of drug-likeness (QED) is 0.373. The zero-order valence-corrected chi connectivity index (χ0v) is 18.8. The number of fused-ring (bicyclic) bond motifs is 2. The number of anilines is 2. The van der Waals surface area contributed by atoms with E-state index in [1.807, 2.05) is 40.9 Å². The van der Waals surface area contributed by atoms with Gasteiger partial charge in [0.2, 0.25) is 5.91 Å². The van der Waals surface area contributed by atoms with Crippen LogP contribution in [-0.4, -0.2) is 35.4 Å². The van der Waals surface area contributed by atoms with Gasteiger partial charge in [-0.15, -0.1) is 0 Å². The number of nitrogen functional groups attached to an aromatic ring is 1. The second-order valence-electron chi connectivity index (χ2n) is 8.68. The molecular weight excluding hydrogens is 442 g/mol. The molecule has 0 aliphatic carbocycles. The van der Waals surface area contributed by atoms with Crippen LogP contribution in [0.5, 0.6) is 5.75 Å². The molecule has 0 radical (unpaired) electrons. The molecule has 3 aromatic heterocycles. The van der Waals surface area contributed by atoms with E-state index < -0.39 is 5.41 Å². The van der Waals surface area contributed by atoms with Crippen molar-refractivity contribution in [1.29, 1.82) is 0 Å². The van der Waals surface area contributed by atoms with E-state index >= 15 is 0 Å². The van der Waals surface area contributed by atoms with Crippen LogP contribution in [0.1, 0.15) is 29.3 Å². The molecule has 9 nitrogen and oxygen atoms in total. The van der Waals surface area contributed by atoms with Crippen LogP contribution in [0.4, 0.5) is 11.6 Å². The van der Waals surface area contributed by atoms with E-state index in [9.17, 15) is 9.90 Å². The van der Waals surface area contributed by atoms with Gasteiger partial charge in [-0.3, -0.25) is 4.79 Å². The number of nitrogens with zero attached hydrogens (tertiary/aromatic N) is 5. The highest BCUT2D eigenvalue weighted by Gasteiger charge is 2.47. The van der Waals surface area contributed by atoms with Crippen LogP contribution in [0.25, 0.3) is 17.2 Å². The highest BCUT2D eigenvalue weighted by Crippen LogP contribution is 2.45. The van der Waals surface area contributed by atoms with Crippen molar-refractivity contribution >= 4 is 23.2 Å². The molecule has 1 aliphatic heterocycles. The van der Waals surface area contributed by atoms with E-state index in [-0.39, 0.29) is 17.5 Å². The average molecular weight is 464 g/mol. The van der Waals surface area contributed by atoms with Gasteiger partial charge < -0.3 is 20.6 Å². The number of phenols is 1. The second kappa shape index (κ2) is 7.63. The highest BCUT2D eigenvalue weighted by atomic mass is 16.3. The van der Waals surface area contributed by atoms with E-state index in [0.717, 1.165) is 16.9 Å². The second-order valence-corrected chi connectivity index (χ2v) is 8.68. The van der Waals surface area contributed by atoms with Gasteiger partial charge >= 0.3 is 0 Å². The molecule has 172 valence electrons. The number of aromatic nitrogens is 5. The molecule has 0 unspecified atom stereocenters. The molecule has 1 amide bonds. The van der Waals surface area contributed by atoms with Crippen molar-refractivity contribution in [2.75, 3.05) is 11.1 Å². The molecule has 0 spiro atoms. The molecule has 4 heterocycles. The summed E-state index contributed by atoms with van der Waals surface area (Å²) < 4.78 is 1.88. The number of nitrogens with one attached hydrogen (secondary N) is 1. The highest BCUT2D eigenvalue weighted by molar-refractivity contribution is 6.09. The Hall–Kier alpha value is -4.79. The predicted octanol–water partition coefficient (Wildman–Crippen LogP) is 3.32. The maximum absolute atomic E-state index is 13.1. The van der Waals surface area contributed by atoms with Crippen molar-refractivity contribution < 1.29 is 9.90 Å². The number of amides is 1. The molecule has 6 rings (SSSR count). The fourth-order valence-electron chi connectivity index (χ4n) is 4.63. The Bertz CT molecular complexity index is 1610. The zero-order chi connectivity index (χ0) is 24.2. The van der Waals surface area contributed by atoms with E-state index in [0.29, 0.717) is 34.9 Å². The maximum atomic E-state index is 13.1. The van der Waals surface area contributed by atoms with Gasteiger partial charge in [0.25, 0.3) is 0 Å². The Morgan fingerprint density at radius 2 is 1.91 bits per heavy atom. The lowest BCUT2D eigenvalue weighted by atomic mass is 9.77. The maximum Gasteiger partial charge on any atom is 0.240 e. The molecule has 1 aliphatic rings. The third-order valence-corrected chi connectivity index (χ3v) is 6.43. The summed E-state index contributed by atoms with van der Waals surface area (Å²) in [4.78, 5) is 31.6. The summed E-state index contributed by atoms with van der Waals surface area (Å²) in [6, 6.07) is 16.6. The molecule has 0 fully saturated rings. The summed E-state index contributed by atoms with van der Waals surface area (Å²) in [7, 11) is 0. The number of carbonyl (C=O) groups excluding carboxylic acids is 1. The number of rotatable bonds is 4. The third kappa shape index (κ3) is 3.28. The Balaban J connectivity index is 1.47. The van der Waals surface area contributed by atoms with Gasteiger partial charge in [-0.25, -0.2) is 19.9 Å². The van der Waals surface area contributed by atoms with Crippen molar-refractivity contribution in [3.63, 3.8) is 0 Å². The number of phenolic OH excluding ortho intramolecular Hbond substituents is 1. The first-order chi connectivity index (χ1) is 16.9. The number of benzene rings is 2. The standard InChI is InChI=1S/C26H21N7O2/c1-26(16-8-5-9-17(34)13-16)20-21(27)30-22(31-23(20)32-25(26)35)19-14-33-11-10-28-24(33)18(29-19)12-15-6-3-2-4-7-15/h2-11,13-14,34H,12H2,1H3,(H3,27,30,31,32,35)/t26-/m0/s1. The summed E-state index contributed by atoms with van der Waals surface area (Å²) in [5, 5.41) is 12.8. The number of hydrogen-bond acceptors (Lipinski definition) is 7. The van der Waals surface area contributed by atoms with Crippen molar-refractivity contribution in [2.24, 2.45) is 0 Å². The fraction of sp³-hybridized carbons (Fsp3) is 0.115. The molecule has 0 saturated heterocycles. The molecule has 1 atom stereocenters. The van der Waals surface area contributed by atoms with E-state index in [2.05, 4.69) is 20.3 Å². The smallest absolute Gasteiger partial charge is 0.240 e. The average Bonchev–Trinajstić information content (AvgIpc) is 3.43. The fourth-order valence-corrected chi connectivity index (χ4v) is 4.63. The van der Waals surface area contributed by atoms with Crippen LogP contribution in [0, 0.1) is 0 Å². The van der Waals surface area contributed by atoms with Crippen molar-refractivity contribution in [1.82, 2.24) is 24.3 Å². The Kier molecular flexibility index (Phi) is 4.53. The van der Waals surface area contributed by atoms with E-state index in [1.54, 1.807) is 43.6 Å². The van der Waals surface area contributed by atoms with E-state index in [1.165, 1.54) is 0 Å². The summed E-state index contributed by atoms with van der Waals surface area (Å²) in [6.07, 6.45) is 5.94. The number of carbonyl (C=O) groups is 1. The first kappa shape index (κ1) is 20.8. The van der Waals surface area contributed by atoms with Crippen LogP contribution in [-0.2, 0) is 16.6 Å². The monoisotopic (exact) mass is 463 g/mol. The van der Waals surface area contributed by atoms with Crippen molar-refractivity contribution in [3.05, 3.63) is 95.6 Å². The molecule has 0 bridgehead atoms. The Morgan fingerprint density at radius 3 is 2.71 bits per heavy atom. The Morgan fingerprint density at radius 1 is 1.09 bits per heavy atom. The zero-order valence-electron chi connectivity index (χ0n) is 18.8. The summed E-state index contributed by atoms with van der Waals surface area (Å²) in [6.45, 7) is 1.75. The van der Waals surface area contributed by atoms with Gasteiger partial charge in [0.1, 0.15) is 28.5 Å². The van der Waals surface area contributed by atoms with Gasteiger partial charge in [0.05, 0.1) is 11.3 Å². The molecule has 35 heavy (non-hydrogen) atoms. The lowest BCUT2D eigenvalue weighted by molar-refractivity contribution is -0.119. The van der Waals surface area contributed by atoms with Gasteiger partial charge in [-0.1, -0.05) is 42.5 Å². The van der Waals surface area contributed by atoms with Crippen LogP contribution in [0.15, 0.2) is 73.2 Å². The predicted molar refractivity (Wildman–Crippen MR) is 131 cm³/mol. The van der Waals surface area contributed by atoms with Gasteiger partial charge in [0, 0.05) is 25.0 Å². The first-order valence-corrected chi connectivity index (χ1v) is 11.1. The normalized spacial score (nSPS) is 16.9. The van der Waals surface area contributed by atoms with Crippen LogP contribution in [0.2, 0.25) is 0 Å². The molecule has 4 N–H and O–H groups in total. The minimum Gasteiger partial charge on any atom is -0.508 e. The molecule has 9 heteroatoms. The number of nitrogens with two attached hydrogens (primary N) is 1. The minimum atomic E-state index is -1.14. The molecule has 0 saturated carbocycles. The van der Waals surface area contributed by atoms with Gasteiger partial charge in [-0.2, -0.15) is 0 Å². The third-order valence-electron chi connectivity index (χ3n) is 6.43. The SMILES string of the molecule is C[C@@]1(c2cccc(O)c2)C(=O)Nc2nc(-c3cn4ccnc4c(Cc4ccccc4)n3)nc(N)c21.